The fourth-order valence-electron chi connectivity index (χ4n) is 2.93. The number of carbonyl (C=O) groups excluding carboxylic acids is 1. The largest absolute Gasteiger partial charge is 0.497 e. The van der Waals surface area contributed by atoms with Crippen LogP contribution in [0.5, 0.6) is 5.75 Å². The minimum atomic E-state index is -0.0590. The lowest BCUT2D eigenvalue weighted by Gasteiger charge is -2.23. The van der Waals surface area contributed by atoms with Gasteiger partial charge in [-0.15, -0.1) is 0 Å². The van der Waals surface area contributed by atoms with E-state index in [-0.39, 0.29) is 5.91 Å². The van der Waals surface area contributed by atoms with Gasteiger partial charge in [0.15, 0.2) is 5.76 Å². The highest BCUT2D eigenvalue weighted by atomic mass is 35.5. The minimum Gasteiger partial charge on any atom is -0.497 e. The summed E-state index contributed by atoms with van der Waals surface area (Å²) in [5, 5.41) is 4.76. The third-order valence-electron chi connectivity index (χ3n) is 4.23. The molecule has 1 heterocycles. The van der Waals surface area contributed by atoms with Gasteiger partial charge in [-0.25, -0.2) is 0 Å². The van der Waals surface area contributed by atoms with Gasteiger partial charge >= 0.3 is 0 Å². The Morgan fingerprint density at radius 3 is 2.61 bits per heavy atom. The minimum absolute atomic E-state index is 0.0590. The van der Waals surface area contributed by atoms with Crippen LogP contribution in [0.1, 0.15) is 29.9 Å². The summed E-state index contributed by atoms with van der Waals surface area (Å²) in [5.41, 5.74) is 2.17. The number of ether oxygens (including phenoxy) is 1. The van der Waals surface area contributed by atoms with Gasteiger partial charge < -0.3 is 14.2 Å². The summed E-state index contributed by atoms with van der Waals surface area (Å²) in [6.45, 7) is 5.13. The highest BCUT2D eigenvalue weighted by Crippen LogP contribution is 2.25. The van der Waals surface area contributed by atoms with E-state index < -0.39 is 0 Å². The molecule has 28 heavy (non-hydrogen) atoms. The second-order valence-electron chi connectivity index (χ2n) is 7.00. The number of halogens is 1. The van der Waals surface area contributed by atoms with Crippen molar-refractivity contribution in [2.75, 3.05) is 13.7 Å². The Hall–Kier alpha value is -2.79. The SMILES string of the molecule is COc1cccc(-c2cc(CN(CC(C)C)C(=O)c3ccc(Cl)cc3)no2)c1. The molecule has 0 radical (unpaired) electrons. The third kappa shape index (κ3) is 4.93. The van der Waals surface area contributed by atoms with Crippen LogP contribution in [0, 0.1) is 5.92 Å². The molecular formula is C22H23ClN2O3. The molecular weight excluding hydrogens is 376 g/mol. The molecule has 6 heteroatoms. The van der Waals surface area contributed by atoms with Crippen LogP contribution in [0.3, 0.4) is 0 Å². The van der Waals surface area contributed by atoms with E-state index in [1.807, 2.05) is 30.3 Å². The monoisotopic (exact) mass is 398 g/mol. The molecule has 0 aliphatic heterocycles. The number of methoxy groups -OCH3 is 1. The van der Waals surface area contributed by atoms with Crippen LogP contribution in [0.2, 0.25) is 5.02 Å². The Labute approximate surface area is 169 Å². The topological polar surface area (TPSA) is 55.6 Å². The van der Waals surface area contributed by atoms with E-state index in [4.69, 9.17) is 20.9 Å². The average Bonchev–Trinajstić information content (AvgIpc) is 3.16. The average molecular weight is 399 g/mol. The van der Waals surface area contributed by atoms with Gasteiger partial charge in [0.05, 0.1) is 13.7 Å². The number of aromatic nitrogens is 1. The maximum Gasteiger partial charge on any atom is 0.254 e. The molecule has 0 unspecified atom stereocenters. The maximum absolute atomic E-state index is 13.0. The molecule has 0 spiro atoms. The Bertz CT molecular complexity index is 935. The molecule has 2 aromatic carbocycles. The first kappa shape index (κ1) is 20.0. The van der Waals surface area contributed by atoms with Crippen molar-refractivity contribution < 1.29 is 14.1 Å². The number of nitrogens with zero attached hydrogens (tertiary/aromatic N) is 2. The standard InChI is InChI=1S/C22H23ClN2O3/c1-15(2)13-25(22(26)16-7-9-18(23)10-8-16)14-19-12-21(28-24-19)17-5-4-6-20(11-17)27-3/h4-12,15H,13-14H2,1-3H3. The second kappa shape index (κ2) is 8.93. The van der Waals surface area contributed by atoms with Gasteiger partial charge in [0.25, 0.3) is 5.91 Å². The van der Waals surface area contributed by atoms with Gasteiger partial charge in [-0.05, 0) is 42.3 Å². The van der Waals surface area contributed by atoms with Gasteiger partial charge in [0.2, 0.25) is 0 Å². The first-order chi connectivity index (χ1) is 13.5. The summed E-state index contributed by atoms with van der Waals surface area (Å²) in [6.07, 6.45) is 0. The molecule has 3 aromatic rings. The van der Waals surface area contributed by atoms with Crippen molar-refractivity contribution in [3.63, 3.8) is 0 Å². The van der Waals surface area contributed by atoms with Crippen molar-refractivity contribution >= 4 is 17.5 Å². The molecule has 0 bridgehead atoms. The zero-order valence-corrected chi connectivity index (χ0v) is 16.9. The smallest absolute Gasteiger partial charge is 0.254 e. The number of rotatable bonds is 7. The molecule has 5 nitrogen and oxygen atoms in total. The molecule has 0 aliphatic rings. The fraction of sp³-hybridized carbons (Fsp3) is 0.273. The van der Waals surface area contributed by atoms with Crippen molar-refractivity contribution in [3.8, 4) is 17.1 Å². The lowest BCUT2D eigenvalue weighted by molar-refractivity contribution is 0.0719. The van der Waals surface area contributed by atoms with Crippen LogP contribution in [-0.4, -0.2) is 29.6 Å². The molecule has 0 fully saturated rings. The predicted octanol–water partition coefficient (Wildman–Crippen LogP) is 5.30. The molecule has 0 atom stereocenters. The van der Waals surface area contributed by atoms with Gasteiger partial charge in [-0.2, -0.15) is 0 Å². The molecule has 1 aromatic heterocycles. The van der Waals surface area contributed by atoms with Crippen LogP contribution in [-0.2, 0) is 6.54 Å². The zero-order chi connectivity index (χ0) is 20.1. The quantitative estimate of drug-likeness (QED) is 0.541. The van der Waals surface area contributed by atoms with Crippen molar-refractivity contribution in [3.05, 3.63) is 70.9 Å². The maximum atomic E-state index is 13.0. The van der Waals surface area contributed by atoms with Gasteiger partial charge in [0.1, 0.15) is 11.4 Å². The summed E-state index contributed by atoms with van der Waals surface area (Å²) in [5.74, 6) is 1.64. The molecule has 0 saturated carbocycles. The summed E-state index contributed by atoms with van der Waals surface area (Å²) >= 11 is 5.94. The lowest BCUT2D eigenvalue weighted by atomic mass is 10.1. The number of hydrogen-bond acceptors (Lipinski definition) is 4. The molecule has 0 saturated heterocycles. The van der Waals surface area contributed by atoms with Crippen molar-refractivity contribution in [2.45, 2.75) is 20.4 Å². The normalized spacial score (nSPS) is 10.9. The van der Waals surface area contributed by atoms with Crippen LogP contribution >= 0.6 is 11.6 Å². The van der Waals surface area contributed by atoms with Crippen LogP contribution in [0.25, 0.3) is 11.3 Å². The predicted molar refractivity (Wildman–Crippen MR) is 110 cm³/mol. The van der Waals surface area contributed by atoms with E-state index in [0.29, 0.717) is 41.0 Å². The number of carbonyl (C=O) groups is 1. The number of amides is 1. The van der Waals surface area contributed by atoms with Crippen LogP contribution < -0.4 is 4.74 Å². The van der Waals surface area contributed by atoms with Crippen molar-refractivity contribution in [2.24, 2.45) is 5.92 Å². The summed E-state index contributed by atoms with van der Waals surface area (Å²) < 4.78 is 10.8. The highest BCUT2D eigenvalue weighted by Gasteiger charge is 2.19. The van der Waals surface area contributed by atoms with Crippen LogP contribution in [0.4, 0.5) is 0 Å². The Morgan fingerprint density at radius 1 is 1.18 bits per heavy atom. The van der Waals surface area contributed by atoms with E-state index in [9.17, 15) is 4.79 Å². The Kier molecular flexibility index (Phi) is 6.37. The summed E-state index contributed by atoms with van der Waals surface area (Å²) in [7, 11) is 1.62. The van der Waals surface area contributed by atoms with E-state index in [2.05, 4.69) is 19.0 Å². The van der Waals surface area contributed by atoms with Gasteiger partial charge in [-0.3, -0.25) is 4.79 Å². The first-order valence-electron chi connectivity index (χ1n) is 9.11. The zero-order valence-electron chi connectivity index (χ0n) is 16.2. The van der Waals surface area contributed by atoms with E-state index in [0.717, 1.165) is 11.3 Å². The molecule has 3 rings (SSSR count). The summed E-state index contributed by atoms with van der Waals surface area (Å²) in [4.78, 5) is 14.7. The van der Waals surface area contributed by atoms with E-state index in [1.165, 1.54) is 0 Å². The molecule has 1 amide bonds. The number of benzene rings is 2. The van der Waals surface area contributed by atoms with E-state index in [1.54, 1.807) is 36.3 Å². The first-order valence-corrected chi connectivity index (χ1v) is 9.49. The number of hydrogen-bond donors (Lipinski definition) is 0. The Balaban J connectivity index is 1.80. The van der Waals surface area contributed by atoms with Crippen molar-refractivity contribution in [1.29, 1.82) is 0 Å². The molecule has 0 aliphatic carbocycles. The fourth-order valence-corrected chi connectivity index (χ4v) is 3.06. The van der Waals surface area contributed by atoms with Crippen molar-refractivity contribution in [1.82, 2.24) is 10.1 Å². The third-order valence-corrected chi connectivity index (χ3v) is 4.48. The van der Waals surface area contributed by atoms with E-state index >= 15 is 0 Å². The summed E-state index contributed by atoms with van der Waals surface area (Å²) in [6, 6.07) is 16.4. The molecule has 0 N–H and O–H groups in total. The van der Waals surface area contributed by atoms with Gasteiger partial charge in [0, 0.05) is 28.8 Å². The Morgan fingerprint density at radius 2 is 1.93 bits per heavy atom. The lowest BCUT2D eigenvalue weighted by Crippen LogP contribution is -2.33. The van der Waals surface area contributed by atoms with Gasteiger partial charge in [-0.1, -0.05) is 42.7 Å². The molecule has 146 valence electrons. The highest BCUT2D eigenvalue weighted by molar-refractivity contribution is 6.30. The second-order valence-corrected chi connectivity index (χ2v) is 7.44. The van der Waals surface area contributed by atoms with Crippen LogP contribution in [0.15, 0.2) is 59.1 Å².